The fourth-order valence-corrected chi connectivity index (χ4v) is 2.49. The molecule has 142 valence electrons. The molecule has 3 rings (SSSR count). The number of rotatable bonds is 4. The fourth-order valence-electron chi connectivity index (χ4n) is 2.49. The van der Waals surface area contributed by atoms with Crippen molar-refractivity contribution >= 4 is 23.6 Å². The van der Waals surface area contributed by atoms with Gasteiger partial charge < -0.3 is 10.6 Å². The van der Waals surface area contributed by atoms with Crippen LogP contribution in [-0.2, 0) is 4.79 Å². The molecule has 0 saturated heterocycles. The number of carbonyl (C=O) groups is 2. The summed E-state index contributed by atoms with van der Waals surface area (Å²) >= 11 is 0. The summed E-state index contributed by atoms with van der Waals surface area (Å²) in [6, 6.07) is 19.8. The number of carbonyl (C=O) groups excluding carboxylic acids is 2. The molecule has 5 nitrogen and oxygen atoms in total. The number of pyridine rings is 1. The molecule has 0 unspecified atom stereocenters. The molecule has 2 amide bonds. The van der Waals surface area contributed by atoms with Crippen molar-refractivity contribution in [1.29, 1.82) is 0 Å². The number of amides is 2. The Hall–Kier alpha value is -4.17. The Bertz CT molecular complexity index is 1090. The first kappa shape index (κ1) is 19.6. The summed E-state index contributed by atoms with van der Waals surface area (Å²) < 4.78 is 0. The predicted octanol–water partition coefficient (Wildman–Crippen LogP) is 3.49. The molecule has 0 aliphatic carbocycles. The molecule has 5 heteroatoms. The topological polar surface area (TPSA) is 71.1 Å². The normalized spacial score (nSPS) is 10.1. The van der Waals surface area contributed by atoms with Gasteiger partial charge in [-0.25, -0.2) is 4.98 Å². The van der Waals surface area contributed by atoms with Crippen LogP contribution in [0.5, 0.6) is 0 Å². The van der Waals surface area contributed by atoms with E-state index in [1.165, 1.54) is 6.08 Å². The van der Waals surface area contributed by atoms with Crippen molar-refractivity contribution < 1.29 is 9.59 Å². The largest absolute Gasteiger partial charge is 0.355 e. The number of nitrogens with zero attached hydrogens (tertiary/aromatic N) is 1. The van der Waals surface area contributed by atoms with E-state index in [-0.39, 0.29) is 11.8 Å². The zero-order chi connectivity index (χ0) is 20.5. The first-order chi connectivity index (χ1) is 14.1. The zero-order valence-corrected chi connectivity index (χ0v) is 15.8. The standard InChI is InChI=1S/C24H19N3O2/c1-25-24(29)20-12-8-18(9-13-20)11-15-23(28)27-22-7-4-5-19(17-22)10-14-21-6-2-3-16-26-21/h2-9,11-13,15-17H,1H3,(H,25,29)(H,27,28)/b15-11+. The maximum atomic E-state index is 12.2. The average Bonchev–Trinajstić information content (AvgIpc) is 2.77. The summed E-state index contributed by atoms with van der Waals surface area (Å²) in [6.07, 6.45) is 4.83. The van der Waals surface area contributed by atoms with Gasteiger partial charge in [0.25, 0.3) is 5.91 Å². The molecule has 2 aromatic carbocycles. The molecule has 0 atom stereocenters. The number of anilines is 1. The molecule has 3 aromatic rings. The van der Waals surface area contributed by atoms with Gasteiger partial charge in [-0.2, -0.15) is 0 Å². The van der Waals surface area contributed by atoms with Gasteiger partial charge in [0, 0.05) is 36.1 Å². The minimum absolute atomic E-state index is 0.149. The van der Waals surface area contributed by atoms with Crippen molar-refractivity contribution in [3.05, 3.63) is 101 Å². The summed E-state index contributed by atoms with van der Waals surface area (Å²) in [6.45, 7) is 0. The SMILES string of the molecule is CNC(=O)c1ccc(/C=C/C(=O)Nc2cccc(C#Cc3ccccn3)c2)cc1. The van der Waals surface area contributed by atoms with E-state index < -0.39 is 0 Å². The molecule has 0 aliphatic rings. The van der Waals surface area contributed by atoms with E-state index in [0.29, 0.717) is 16.9 Å². The highest BCUT2D eigenvalue weighted by Crippen LogP contribution is 2.11. The summed E-state index contributed by atoms with van der Waals surface area (Å²) in [5, 5.41) is 5.38. The van der Waals surface area contributed by atoms with Crippen molar-refractivity contribution in [2.24, 2.45) is 0 Å². The van der Waals surface area contributed by atoms with Gasteiger partial charge in [-0.3, -0.25) is 9.59 Å². The molecule has 0 bridgehead atoms. The Morgan fingerprint density at radius 2 is 1.79 bits per heavy atom. The maximum absolute atomic E-state index is 12.2. The molecule has 0 spiro atoms. The molecule has 0 fully saturated rings. The lowest BCUT2D eigenvalue weighted by Gasteiger charge is -2.03. The number of benzene rings is 2. The second kappa shape index (κ2) is 9.67. The number of aromatic nitrogens is 1. The van der Waals surface area contributed by atoms with E-state index in [1.54, 1.807) is 55.7 Å². The number of hydrogen-bond acceptors (Lipinski definition) is 3. The van der Waals surface area contributed by atoms with Gasteiger partial charge in [-0.15, -0.1) is 0 Å². The quantitative estimate of drug-likeness (QED) is 0.537. The van der Waals surface area contributed by atoms with Gasteiger partial charge in [0.2, 0.25) is 5.91 Å². The van der Waals surface area contributed by atoms with Crippen LogP contribution in [-0.4, -0.2) is 23.8 Å². The number of nitrogens with one attached hydrogen (secondary N) is 2. The summed E-state index contributed by atoms with van der Waals surface area (Å²) in [5.41, 5.74) is 3.51. The smallest absolute Gasteiger partial charge is 0.251 e. The lowest BCUT2D eigenvalue weighted by atomic mass is 10.1. The van der Waals surface area contributed by atoms with Crippen LogP contribution in [0.1, 0.15) is 27.2 Å². The first-order valence-electron chi connectivity index (χ1n) is 8.98. The summed E-state index contributed by atoms with van der Waals surface area (Å²) in [5.74, 6) is 5.62. The Kier molecular flexibility index (Phi) is 6.53. The Balaban J connectivity index is 1.63. The third-order valence-electron chi connectivity index (χ3n) is 3.96. The van der Waals surface area contributed by atoms with Crippen molar-refractivity contribution in [2.45, 2.75) is 0 Å². The van der Waals surface area contributed by atoms with Gasteiger partial charge >= 0.3 is 0 Å². The Morgan fingerprint density at radius 3 is 2.52 bits per heavy atom. The van der Waals surface area contributed by atoms with Gasteiger partial charge in [0.1, 0.15) is 5.69 Å². The van der Waals surface area contributed by atoms with Crippen LogP contribution < -0.4 is 10.6 Å². The Morgan fingerprint density at radius 1 is 0.966 bits per heavy atom. The van der Waals surface area contributed by atoms with Crippen LogP contribution in [0.15, 0.2) is 79.0 Å². The van der Waals surface area contributed by atoms with Gasteiger partial charge in [0.05, 0.1) is 0 Å². The molecule has 0 aliphatic heterocycles. The van der Waals surface area contributed by atoms with Crippen molar-refractivity contribution in [1.82, 2.24) is 10.3 Å². The minimum Gasteiger partial charge on any atom is -0.355 e. The molecule has 0 radical (unpaired) electrons. The zero-order valence-electron chi connectivity index (χ0n) is 15.8. The van der Waals surface area contributed by atoms with Crippen molar-refractivity contribution in [2.75, 3.05) is 12.4 Å². The average molecular weight is 381 g/mol. The second-order valence-electron chi connectivity index (χ2n) is 6.07. The van der Waals surface area contributed by atoms with E-state index in [2.05, 4.69) is 27.5 Å². The molecule has 1 aromatic heterocycles. The molecule has 2 N–H and O–H groups in total. The lowest BCUT2D eigenvalue weighted by molar-refractivity contribution is -0.111. The first-order valence-corrected chi connectivity index (χ1v) is 8.98. The predicted molar refractivity (Wildman–Crippen MR) is 114 cm³/mol. The van der Waals surface area contributed by atoms with Crippen LogP contribution in [0.3, 0.4) is 0 Å². The van der Waals surface area contributed by atoms with E-state index in [9.17, 15) is 9.59 Å². The lowest BCUT2D eigenvalue weighted by Crippen LogP contribution is -2.17. The number of hydrogen-bond donors (Lipinski definition) is 2. The van der Waals surface area contributed by atoms with Crippen LogP contribution in [0, 0.1) is 11.8 Å². The summed E-state index contributed by atoms with van der Waals surface area (Å²) in [7, 11) is 1.58. The molecule has 29 heavy (non-hydrogen) atoms. The van der Waals surface area contributed by atoms with Crippen molar-refractivity contribution in [3.63, 3.8) is 0 Å². The minimum atomic E-state index is -0.254. The highest BCUT2D eigenvalue weighted by molar-refractivity contribution is 6.02. The van der Waals surface area contributed by atoms with Crippen LogP contribution in [0.2, 0.25) is 0 Å². The molecule has 1 heterocycles. The summed E-state index contributed by atoms with van der Waals surface area (Å²) in [4.78, 5) is 27.9. The monoisotopic (exact) mass is 381 g/mol. The highest BCUT2D eigenvalue weighted by atomic mass is 16.2. The van der Waals surface area contributed by atoms with E-state index in [4.69, 9.17) is 0 Å². The molecular formula is C24H19N3O2. The van der Waals surface area contributed by atoms with E-state index in [0.717, 1.165) is 11.1 Å². The van der Waals surface area contributed by atoms with Crippen LogP contribution in [0.4, 0.5) is 5.69 Å². The molecule has 0 saturated carbocycles. The van der Waals surface area contributed by atoms with Gasteiger partial charge in [-0.1, -0.05) is 30.2 Å². The van der Waals surface area contributed by atoms with Crippen molar-refractivity contribution in [3.8, 4) is 11.8 Å². The van der Waals surface area contributed by atoms with Gasteiger partial charge in [0.15, 0.2) is 0 Å². The van der Waals surface area contributed by atoms with Crippen LogP contribution in [0.25, 0.3) is 6.08 Å². The third-order valence-corrected chi connectivity index (χ3v) is 3.96. The van der Waals surface area contributed by atoms with Crippen LogP contribution >= 0.6 is 0 Å². The van der Waals surface area contributed by atoms with E-state index in [1.807, 2.05) is 30.3 Å². The fraction of sp³-hybridized carbons (Fsp3) is 0.0417. The Labute approximate surface area is 169 Å². The second-order valence-corrected chi connectivity index (χ2v) is 6.07. The highest BCUT2D eigenvalue weighted by Gasteiger charge is 2.02. The maximum Gasteiger partial charge on any atom is 0.251 e. The third kappa shape index (κ3) is 5.91. The van der Waals surface area contributed by atoms with Gasteiger partial charge in [-0.05, 0) is 60.0 Å². The molecular weight excluding hydrogens is 362 g/mol. The van der Waals surface area contributed by atoms with E-state index >= 15 is 0 Å².